The van der Waals surface area contributed by atoms with Crippen molar-refractivity contribution in [1.29, 1.82) is 0 Å². The number of anilines is 1. The fourth-order valence-electron chi connectivity index (χ4n) is 2.79. The van der Waals surface area contributed by atoms with Crippen LogP contribution >= 0.6 is 0 Å². The molecule has 1 heterocycles. The number of hydrogen-bond acceptors (Lipinski definition) is 2. The Kier molecular flexibility index (Phi) is 3.04. The Labute approximate surface area is 104 Å². The third kappa shape index (κ3) is 2.62. The Balaban J connectivity index is 1.66. The van der Waals surface area contributed by atoms with E-state index >= 15 is 0 Å². The number of aryl methyl sites for hydroxylation is 2. The molecule has 0 radical (unpaired) electrons. The number of fused-ring (bicyclic) bond motifs is 1. The molecule has 17 heavy (non-hydrogen) atoms. The molecule has 1 N–H and O–H groups in total. The quantitative estimate of drug-likeness (QED) is 0.836. The van der Waals surface area contributed by atoms with Crippen LogP contribution in [0.4, 0.5) is 5.82 Å². The summed E-state index contributed by atoms with van der Waals surface area (Å²) in [6.07, 6.45) is 9.09. The molecule has 0 bridgehead atoms. The molecular formula is C15H22N2. The third-order valence-electron chi connectivity index (χ3n) is 4.09. The van der Waals surface area contributed by atoms with Gasteiger partial charge < -0.3 is 5.32 Å². The van der Waals surface area contributed by atoms with Gasteiger partial charge in [0.15, 0.2) is 0 Å². The van der Waals surface area contributed by atoms with Crippen molar-refractivity contribution in [3.05, 3.63) is 23.4 Å². The van der Waals surface area contributed by atoms with Gasteiger partial charge in [0.25, 0.3) is 0 Å². The predicted molar refractivity (Wildman–Crippen MR) is 71.3 cm³/mol. The molecule has 1 aromatic heterocycles. The van der Waals surface area contributed by atoms with Crippen LogP contribution in [0, 0.1) is 5.92 Å². The highest BCUT2D eigenvalue weighted by Crippen LogP contribution is 2.34. The lowest BCUT2D eigenvalue weighted by atomic mass is 10.1. The summed E-state index contributed by atoms with van der Waals surface area (Å²) in [5.74, 6) is 2.08. The first-order valence-corrected chi connectivity index (χ1v) is 7.10. The zero-order valence-corrected chi connectivity index (χ0v) is 10.7. The molecule has 2 nitrogen and oxygen atoms in total. The van der Waals surface area contributed by atoms with E-state index in [2.05, 4.69) is 24.4 Å². The molecule has 3 rings (SSSR count). The highest BCUT2D eigenvalue weighted by molar-refractivity contribution is 5.41. The fraction of sp³-hybridized carbons (Fsp3) is 0.667. The molecule has 1 unspecified atom stereocenters. The topological polar surface area (TPSA) is 24.9 Å². The van der Waals surface area contributed by atoms with Crippen LogP contribution < -0.4 is 5.32 Å². The summed E-state index contributed by atoms with van der Waals surface area (Å²) in [6, 6.07) is 5.05. The van der Waals surface area contributed by atoms with Crippen LogP contribution in [-0.2, 0) is 12.8 Å². The van der Waals surface area contributed by atoms with Crippen molar-refractivity contribution in [1.82, 2.24) is 4.98 Å². The first kappa shape index (κ1) is 11.1. The second-order valence-corrected chi connectivity index (χ2v) is 5.58. The van der Waals surface area contributed by atoms with E-state index in [-0.39, 0.29) is 0 Å². The van der Waals surface area contributed by atoms with Crippen molar-refractivity contribution in [2.75, 3.05) is 5.32 Å². The van der Waals surface area contributed by atoms with E-state index in [0.29, 0.717) is 6.04 Å². The smallest absolute Gasteiger partial charge is 0.126 e. The van der Waals surface area contributed by atoms with Gasteiger partial charge in [-0.3, -0.25) is 0 Å². The van der Waals surface area contributed by atoms with Crippen LogP contribution in [0.25, 0.3) is 0 Å². The fourth-order valence-corrected chi connectivity index (χ4v) is 2.79. The first-order chi connectivity index (χ1) is 8.35. The van der Waals surface area contributed by atoms with Crippen LogP contribution in [-0.4, -0.2) is 11.0 Å². The van der Waals surface area contributed by atoms with E-state index in [4.69, 9.17) is 4.98 Å². The Bertz CT molecular complexity index is 396. The van der Waals surface area contributed by atoms with E-state index < -0.39 is 0 Å². The summed E-state index contributed by atoms with van der Waals surface area (Å²) < 4.78 is 0. The highest BCUT2D eigenvalue weighted by Gasteiger charge is 2.25. The minimum absolute atomic E-state index is 0.620. The average molecular weight is 230 g/mol. The molecule has 1 aromatic rings. The van der Waals surface area contributed by atoms with Crippen molar-refractivity contribution in [2.45, 2.75) is 57.9 Å². The van der Waals surface area contributed by atoms with Crippen LogP contribution in [0.1, 0.15) is 50.3 Å². The highest BCUT2D eigenvalue weighted by atomic mass is 15.0. The molecule has 2 aliphatic carbocycles. The summed E-state index contributed by atoms with van der Waals surface area (Å²) in [7, 11) is 0. The van der Waals surface area contributed by atoms with Gasteiger partial charge in [-0.25, -0.2) is 4.98 Å². The van der Waals surface area contributed by atoms with Gasteiger partial charge in [0, 0.05) is 11.7 Å². The van der Waals surface area contributed by atoms with E-state index in [0.717, 1.165) is 11.7 Å². The molecule has 1 atom stereocenters. The van der Waals surface area contributed by atoms with Crippen LogP contribution in [0.2, 0.25) is 0 Å². The van der Waals surface area contributed by atoms with Gasteiger partial charge in [-0.05, 0) is 49.7 Å². The molecule has 2 heteroatoms. The minimum atomic E-state index is 0.620. The first-order valence-electron chi connectivity index (χ1n) is 7.10. The van der Waals surface area contributed by atoms with Gasteiger partial charge >= 0.3 is 0 Å². The maximum atomic E-state index is 4.76. The normalized spacial score (nSPS) is 20.1. The number of hydrogen-bond donors (Lipinski definition) is 1. The van der Waals surface area contributed by atoms with Gasteiger partial charge in [0.1, 0.15) is 5.82 Å². The molecule has 0 amide bonds. The van der Waals surface area contributed by atoms with E-state index in [1.165, 1.54) is 56.2 Å². The minimum Gasteiger partial charge on any atom is -0.367 e. The van der Waals surface area contributed by atoms with Gasteiger partial charge in [0.2, 0.25) is 0 Å². The Morgan fingerprint density at radius 3 is 3.00 bits per heavy atom. The van der Waals surface area contributed by atoms with Gasteiger partial charge in [-0.1, -0.05) is 25.8 Å². The van der Waals surface area contributed by atoms with Gasteiger partial charge in [-0.15, -0.1) is 0 Å². The lowest BCUT2D eigenvalue weighted by Gasteiger charge is -2.17. The third-order valence-corrected chi connectivity index (χ3v) is 4.09. The van der Waals surface area contributed by atoms with E-state index in [9.17, 15) is 0 Å². The summed E-state index contributed by atoms with van der Waals surface area (Å²) >= 11 is 0. The molecule has 0 aromatic carbocycles. The second-order valence-electron chi connectivity index (χ2n) is 5.58. The Morgan fingerprint density at radius 2 is 2.24 bits per heavy atom. The number of pyridine rings is 1. The lowest BCUT2D eigenvalue weighted by Crippen LogP contribution is -2.20. The summed E-state index contributed by atoms with van der Waals surface area (Å²) in [4.78, 5) is 4.76. The monoisotopic (exact) mass is 230 g/mol. The molecule has 0 spiro atoms. The van der Waals surface area contributed by atoms with E-state index in [1.807, 2.05) is 0 Å². The molecule has 2 aliphatic rings. The van der Waals surface area contributed by atoms with Crippen molar-refractivity contribution in [3.8, 4) is 0 Å². The van der Waals surface area contributed by atoms with Crippen molar-refractivity contribution >= 4 is 5.82 Å². The van der Waals surface area contributed by atoms with Crippen molar-refractivity contribution < 1.29 is 0 Å². The number of aromatic nitrogens is 1. The van der Waals surface area contributed by atoms with Gasteiger partial charge in [-0.2, -0.15) is 0 Å². The lowest BCUT2D eigenvalue weighted by molar-refractivity contribution is 0.585. The van der Waals surface area contributed by atoms with Crippen molar-refractivity contribution in [3.63, 3.8) is 0 Å². The summed E-state index contributed by atoms with van der Waals surface area (Å²) in [5.41, 5.74) is 2.79. The maximum Gasteiger partial charge on any atom is 0.126 e. The Hall–Kier alpha value is -1.05. The number of nitrogens with zero attached hydrogens (tertiary/aromatic N) is 1. The zero-order valence-electron chi connectivity index (χ0n) is 10.7. The Morgan fingerprint density at radius 1 is 1.35 bits per heavy atom. The summed E-state index contributed by atoms with van der Waals surface area (Å²) in [6.45, 7) is 2.27. The zero-order chi connectivity index (χ0) is 11.7. The average Bonchev–Trinajstić information content (AvgIpc) is 3.04. The summed E-state index contributed by atoms with van der Waals surface area (Å²) in [5, 5.41) is 3.62. The second kappa shape index (κ2) is 4.67. The van der Waals surface area contributed by atoms with Crippen LogP contribution in [0.5, 0.6) is 0 Å². The largest absolute Gasteiger partial charge is 0.367 e. The maximum absolute atomic E-state index is 4.76. The molecule has 0 aliphatic heterocycles. The number of rotatable bonds is 5. The molecule has 1 fully saturated rings. The molecule has 92 valence electrons. The standard InChI is InChI=1S/C15H22N2/c1-2-13(10-11-6-7-11)16-15-9-8-12-4-3-5-14(12)17-15/h8-9,11,13H,2-7,10H2,1H3,(H,16,17). The predicted octanol–water partition coefficient (Wildman–Crippen LogP) is 3.56. The molecular weight excluding hydrogens is 208 g/mol. The van der Waals surface area contributed by atoms with Gasteiger partial charge in [0.05, 0.1) is 0 Å². The van der Waals surface area contributed by atoms with Crippen LogP contribution in [0.3, 0.4) is 0 Å². The molecule has 0 saturated heterocycles. The molecule has 1 saturated carbocycles. The van der Waals surface area contributed by atoms with E-state index in [1.54, 1.807) is 0 Å². The van der Waals surface area contributed by atoms with Crippen molar-refractivity contribution in [2.24, 2.45) is 5.92 Å². The van der Waals surface area contributed by atoms with Crippen LogP contribution in [0.15, 0.2) is 12.1 Å². The SMILES string of the molecule is CCC(CC1CC1)Nc1ccc2c(n1)CCC2. The number of nitrogens with one attached hydrogen (secondary N) is 1.